The highest BCUT2D eigenvalue weighted by atomic mass is 16.2. The van der Waals surface area contributed by atoms with Crippen molar-refractivity contribution in [1.29, 1.82) is 0 Å². The zero-order valence-electron chi connectivity index (χ0n) is 12.6. The van der Waals surface area contributed by atoms with Gasteiger partial charge in [0.1, 0.15) is 0 Å². The summed E-state index contributed by atoms with van der Waals surface area (Å²) < 4.78 is 1.96. The first kappa shape index (κ1) is 14.0. The van der Waals surface area contributed by atoms with E-state index in [9.17, 15) is 4.79 Å². The van der Waals surface area contributed by atoms with Gasteiger partial charge in [0.05, 0.1) is 6.04 Å². The largest absolute Gasteiger partial charge is 0.346 e. The molecule has 0 aliphatic heterocycles. The van der Waals surface area contributed by atoms with Crippen molar-refractivity contribution in [3.8, 4) is 0 Å². The fourth-order valence-corrected chi connectivity index (χ4v) is 3.06. The summed E-state index contributed by atoms with van der Waals surface area (Å²) in [6.07, 6.45) is 6.30. The highest BCUT2D eigenvalue weighted by molar-refractivity contribution is 5.79. The fourth-order valence-electron chi connectivity index (χ4n) is 3.06. The lowest BCUT2D eigenvalue weighted by Crippen LogP contribution is -2.36. The summed E-state index contributed by atoms with van der Waals surface area (Å²) in [5, 5.41) is 11.7. The van der Waals surface area contributed by atoms with E-state index in [1.165, 1.54) is 0 Å². The molecule has 0 saturated heterocycles. The van der Waals surface area contributed by atoms with Gasteiger partial charge in [-0.15, -0.1) is 10.2 Å². The molecule has 5 nitrogen and oxygen atoms in total. The quantitative estimate of drug-likeness (QED) is 0.940. The average Bonchev–Trinajstić information content (AvgIpc) is 3.14. The Morgan fingerprint density at radius 2 is 2.05 bits per heavy atom. The Labute approximate surface area is 124 Å². The van der Waals surface area contributed by atoms with Crippen LogP contribution >= 0.6 is 0 Å². The van der Waals surface area contributed by atoms with Crippen LogP contribution in [0.15, 0.2) is 24.4 Å². The maximum atomic E-state index is 12.4. The molecule has 21 heavy (non-hydrogen) atoms. The minimum atomic E-state index is -0.101. The molecule has 1 saturated carbocycles. The van der Waals surface area contributed by atoms with Crippen molar-refractivity contribution >= 4 is 11.6 Å². The van der Waals surface area contributed by atoms with Gasteiger partial charge < -0.3 is 5.32 Å². The SMILES string of the molecule is CC(C)C(NC(=O)C1CCCC1)c1nnc2ccccn12. The molecule has 2 aromatic rings. The van der Waals surface area contributed by atoms with Gasteiger partial charge in [-0.3, -0.25) is 9.20 Å². The number of nitrogens with zero attached hydrogens (tertiary/aromatic N) is 3. The van der Waals surface area contributed by atoms with Crippen LogP contribution in [0.4, 0.5) is 0 Å². The van der Waals surface area contributed by atoms with Gasteiger partial charge in [-0.25, -0.2) is 0 Å². The summed E-state index contributed by atoms with van der Waals surface area (Å²) in [5.41, 5.74) is 0.813. The average molecular weight is 286 g/mol. The number of aromatic nitrogens is 3. The minimum absolute atomic E-state index is 0.101. The summed E-state index contributed by atoms with van der Waals surface area (Å²) in [7, 11) is 0. The second kappa shape index (κ2) is 5.84. The van der Waals surface area contributed by atoms with E-state index in [1.54, 1.807) is 0 Å². The van der Waals surface area contributed by atoms with Gasteiger partial charge in [0.2, 0.25) is 5.91 Å². The van der Waals surface area contributed by atoms with E-state index in [0.29, 0.717) is 0 Å². The number of amides is 1. The zero-order chi connectivity index (χ0) is 14.8. The predicted octanol–water partition coefficient (Wildman–Crippen LogP) is 2.73. The molecule has 3 rings (SSSR count). The van der Waals surface area contributed by atoms with Crippen molar-refractivity contribution in [2.45, 2.75) is 45.6 Å². The Morgan fingerprint density at radius 1 is 1.29 bits per heavy atom. The van der Waals surface area contributed by atoms with Gasteiger partial charge in [-0.05, 0) is 30.9 Å². The molecular formula is C16H22N4O. The Kier molecular flexibility index (Phi) is 3.90. The molecule has 0 spiro atoms. The van der Waals surface area contributed by atoms with Crippen LogP contribution in [-0.2, 0) is 4.79 Å². The van der Waals surface area contributed by atoms with Gasteiger partial charge in [0.15, 0.2) is 11.5 Å². The Morgan fingerprint density at radius 3 is 2.76 bits per heavy atom. The monoisotopic (exact) mass is 286 g/mol. The minimum Gasteiger partial charge on any atom is -0.346 e. The summed E-state index contributed by atoms with van der Waals surface area (Å²) in [6.45, 7) is 4.20. The molecule has 0 radical (unpaired) electrons. The Hall–Kier alpha value is -1.91. The molecule has 1 amide bonds. The second-order valence-electron chi connectivity index (χ2n) is 6.20. The van der Waals surface area contributed by atoms with Crippen LogP contribution in [0.5, 0.6) is 0 Å². The Balaban J connectivity index is 1.85. The summed E-state index contributed by atoms with van der Waals surface area (Å²) in [6, 6.07) is 5.72. The molecule has 1 aliphatic carbocycles. The number of carbonyl (C=O) groups is 1. The first-order chi connectivity index (χ1) is 10.2. The lowest BCUT2D eigenvalue weighted by atomic mass is 10.0. The van der Waals surface area contributed by atoms with Crippen molar-refractivity contribution < 1.29 is 4.79 Å². The molecule has 1 N–H and O–H groups in total. The molecule has 0 bridgehead atoms. The number of hydrogen-bond donors (Lipinski definition) is 1. The van der Waals surface area contributed by atoms with Crippen LogP contribution in [0, 0.1) is 11.8 Å². The van der Waals surface area contributed by atoms with E-state index in [4.69, 9.17) is 0 Å². The van der Waals surface area contributed by atoms with Crippen molar-refractivity contribution in [2.24, 2.45) is 11.8 Å². The smallest absolute Gasteiger partial charge is 0.223 e. The van der Waals surface area contributed by atoms with E-state index in [-0.39, 0.29) is 23.8 Å². The van der Waals surface area contributed by atoms with Crippen LogP contribution in [0.1, 0.15) is 51.4 Å². The standard InChI is InChI=1S/C16H22N4O/c1-11(2)14(17-16(21)12-7-3-4-8-12)15-19-18-13-9-5-6-10-20(13)15/h5-6,9-12,14H,3-4,7-8H2,1-2H3,(H,17,21). The highest BCUT2D eigenvalue weighted by Crippen LogP contribution is 2.27. The number of fused-ring (bicyclic) bond motifs is 1. The summed E-state index contributed by atoms with van der Waals surface area (Å²) in [5.74, 6) is 1.42. The van der Waals surface area contributed by atoms with Crippen LogP contribution in [-0.4, -0.2) is 20.5 Å². The molecule has 2 heterocycles. The number of pyridine rings is 1. The molecule has 1 atom stereocenters. The first-order valence-corrected chi connectivity index (χ1v) is 7.77. The molecule has 0 aromatic carbocycles. The van der Waals surface area contributed by atoms with Crippen LogP contribution in [0.25, 0.3) is 5.65 Å². The molecule has 112 valence electrons. The summed E-state index contributed by atoms with van der Waals surface area (Å²) >= 11 is 0. The van der Waals surface area contributed by atoms with Crippen molar-refractivity contribution in [1.82, 2.24) is 19.9 Å². The third kappa shape index (κ3) is 2.77. The van der Waals surface area contributed by atoms with Gasteiger partial charge in [-0.2, -0.15) is 0 Å². The number of rotatable bonds is 4. The van der Waals surface area contributed by atoms with E-state index < -0.39 is 0 Å². The van der Waals surface area contributed by atoms with Crippen molar-refractivity contribution in [3.05, 3.63) is 30.2 Å². The Bertz CT molecular complexity index is 628. The molecule has 5 heteroatoms. The summed E-state index contributed by atoms with van der Waals surface area (Å²) in [4.78, 5) is 12.4. The van der Waals surface area contributed by atoms with Crippen LogP contribution < -0.4 is 5.32 Å². The highest BCUT2D eigenvalue weighted by Gasteiger charge is 2.28. The fraction of sp³-hybridized carbons (Fsp3) is 0.562. The maximum Gasteiger partial charge on any atom is 0.223 e. The van der Waals surface area contributed by atoms with Crippen molar-refractivity contribution in [2.75, 3.05) is 0 Å². The van der Waals surface area contributed by atoms with E-state index in [0.717, 1.165) is 37.2 Å². The predicted molar refractivity (Wildman–Crippen MR) is 80.7 cm³/mol. The molecule has 2 aromatic heterocycles. The lowest BCUT2D eigenvalue weighted by Gasteiger charge is -2.22. The topological polar surface area (TPSA) is 59.3 Å². The van der Waals surface area contributed by atoms with Gasteiger partial charge in [0, 0.05) is 12.1 Å². The second-order valence-corrected chi connectivity index (χ2v) is 6.20. The van der Waals surface area contributed by atoms with Gasteiger partial charge >= 0.3 is 0 Å². The van der Waals surface area contributed by atoms with Gasteiger partial charge in [0.25, 0.3) is 0 Å². The van der Waals surface area contributed by atoms with Gasteiger partial charge in [-0.1, -0.05) is 32.8 Å². The third-order valence-corrected chi connectivity index (χ3v) is 4.31. The molecule has 1 fully saturated rings. The maximum absolute atomic E-state index is 12.4. The molecular weight excluding hydrogens is 264 g/mol. The first-order valence-electron chi connectivity index (χ1n) is 7.77. The van der Waals surface area contributed by atoms with Crippen LogP contribution in [0.3, 0.4) is 0 Å². The van der Waals surface area contributed by atoms with E-state index in [1.807, 2.05) is 28.8 Å². The zero-order valence-corrected chi connectivity index (χ0v) is 12.6. The number of nitrogens with one attached hydrogen (secondary N) is 1. The lowest BCUT2D eigenvalue weighted by molar-refractivity contribution is -0.126. The number of carbonyl (C=O) groups excluding carboxylic acids is 1. The third-order valence-electron chi connectivity index (χ3n) is 4.31. The molecule has 1 aliphatic rings. The van der Waals surface area contributed by atoms with E-state index in [2.05, 4.69) is 29.4 Å². The normalized spacial score (nSPS) is 17.5. The molecule has 1 unspecified atom stereocenters. The van der Waals surface area contributed by atoms with Crippen molar-refractivity contribution in [3.63, 3.8) is 0 Å². The van der Waals surface area contributed by atoms with Crippen LogP contribution in [0.2, 0.25) is 0 Å². The van der Waals surface area contributed by atoms with E-state index >= 15 is 0 Å². The number of hydrogen-bond acceptors (Lipinski definition) is 3.